The van der Waals surface area contributed by atoms with Crippen LogP contribution in [0.3, 0.4) is 0 Å². The summed E-state index contributed by atoms with van der Waals surface area (Å²) in [4.78, 5) is 25.4. The molecule has 2 aromatic carbocycles. The minimum atomic E-state index is -2.09. The van der Waals surface area contributed by atoms with Gasteiger partial charge in [-0.1, -0.05) is 24.3 Å². The summed E-state index contributed by atoms with van der Waals surface area (Å²) in [6.45, 7) is 0. The third-order valence-corrected chi connectivity index (χ3v) is 4.78. The maximum absolute atomic E-state index is 12.8. The van der Waals surface area contributed by atoms with Crippen LogP contribution in [0.25, 0.3) is 11.0 Å². The van der Waals surface area contributed by atoms with Crippen molar-refractivity contribution in [2.24, 2.45) is 0 Å². The third-order valence-electron chi connectivity index (χ3n) is 4.78. The molecule has 0 fully saturated rings. The molecule has 0 N–H and O–H groups in total. The monoisotopic (exact) mass is 372 g/mol. The number of methoxy groups -OCH3 is 1. The van der Waals surface area contributed by atoms with Crippen LogP contribution in [0.2, 0.25) is 0 Å². The van der Waals surface area contributed by atoms with E-state index in [1.54, 1.807) is 36.4 Å². The van der Waals surface area contributed by atoms with Crippen LogP contribution in [0.15, 0.2) is 57.7 Å². The highest BCUT2D eigenvalue weighted by Gasteiger charge is 2.59. The molecular formula is C21H12N2O5. The van der Waals surface area contributed by atoms with Gasteiger partial charge in [-0.15, -0.1) is 0 Å². The Kier molecular flexibility index (Phi) is 3.87. The van der Waals surface area contributed by atoms with Crippen LogP contribution in [0.4, 0.5) is 0 Å². The lowest BCUT2D eigenvalue weighted by Crippen LogP contribution is -2.46. The van der Waals surface area contributed by atoms with E-state index < -0.39 is 23.1 Å². The second kappa shape index (κ2) is 6.26. The minimum Gasteiger partial charge on any atom is -0.465 e. The summed E-state index contributed by atoms with van der Waals surface area (Å²) in [6.07, 6.45) is 0. The average Bonchev–Trinajstić information content (AvgIpc) is 3.10. The standard InChI is InChI=1S/C21H12N2O5/c1-26-20(25)21(11-23)17(13-8-6-12(10-22)7-9-13)16-18(28-21)14-4-2-3-5-15(14)27-19(16)24/h2-9,17H,1H3. The largest absolute Gasteiger partial charge is 0.465 e. The summed E-state index contributed by atoms with van der Waals surface area (Å²) in [5.41, 5.74) is -1.60. The van der Waals surface area contributed by atoms with Crippen molar-refractivity contribution >= 4 is 16.9 Å². The summed E-state index contributed by atoms with van der Waals surface area (Å²) in [7, 11) is 1.14. The molecule has 1 aromatic heterocycles. The second-order valence-corrected chi connectivity index (χ2v) is 6.24. The Morgan fingerprint density at radius 2 is 1.86 bits per heavy atom. The van der Waals surface area contributed by atoms with Gasteiger partial charge in [0.25, 0.3) is 0 Å². The van der Waals surface area contributed by atoms with Crippen LogP contribution >= 0.6 is 0 Å². The number of ether oxygens (including phenoxy) is 2. The van der Waals surface area contributed by atoms with Crippen molar-refractivity contribution in [2.45, 2.75) is 11.5 Å². The quantitative estimate of drug-likeness (QED) is 0.502. The number of benzene rings is 2. The smallest absolute Gasteiger partial charge is 0.366 e. The van der Waals surface area contributed by atoms with Gasteiger partial charge in [0.15, 0.2) is 0 Å². The number of para-hydroxylation sites is 1. The van der Waals surface area contributed by atoms with Crippen LogP contribution in [-0.4, -0.2) is 18.7 Å². The molecule has 0 amide bonds. The van der Waals surface area contributed by atoms with Crippen LogP contribution < -0.4 is 10.4 Å². The van der Waals surface area contributed by atoms with E-state index >= 15 is 0 Å². The van der Waals surface area contributed by atoms with E-state index in [0.717, 1.165) is 7.11 Å². The summed E-state index contributed by atoms with van der Waals surface area (Å²) in [5.74, 6) is -1.88. The third kappa shape index (κ3) is 2.27. The highest BCUT2D eigenvalue weighted by molar-refractivity contribution is 5.92. The highest BCUT2D eigenvalue weighted by Crippen LogP contribution is 2.49. The minimum absolute atomic E-state index is 0.0651. The first-order valence-electron chi connectivity index (χ1n) is 8.30. The van der Waals surface area contributed by atoms with Gasteiger partial charge in [0.2, 0.25) is 0 Å². The number of rotatable bonds is 2. The molecule has 7 heteroatoms. The lowest BCUT2D eigenvalue weighted by atomic mass is 9.80. The number of nitrogens with zero attached hydrogens (tertiary/aromatic N) is 2. The van der Waals surface area contributed by atoms with E-state index in [2.05, 4.69) is 0 Å². The molecule has 0 spiro atoms. The van der Waals surface area contributed by atoms with Crippen molar-refractivity contribution in [3.8, 4) is 17.9 Å². The Morgan fingerprint density at radius 3 is 2.50 bits per heavy atom. The number of esters is 1. The fourth-order valence-electron chi connectivity index (χ4n) is 3.51. The maximum atomic E-state index is 12.8. The molecule has 7 nitrogen and oxygen atoms in total. The van der Waals surface area contributed by atoms with Crippen molar-refractivity contribution in [3.05, 3.63) is 75.6 Å². The lowest BCUT2D eigenvalue weighted by molar-refractivity contribution is -0.153. The zero-order chi connectivity index (χ0) is 19.9. The molecular weight excluding hydrogens is 360 g/mol. The molecule has 0 saturated carbocycles. The number of carbonyl (C=O) groups excluding carboxylic acids is 1. The van der Waals surface area contributed by atoms with E-state index in [1.807, 2.05) is 12.1 Å². The predicted molar refractivity (Wildman–Crippen MR) is 96.5 cm³/mol. The Morgan fingerprint density at radius 1 is 1.14 bits per heavy atom. The van der Waals surface area contributed by atoms with Crippen molar-refractivity contribution in [1.29, 1.82) is 10.5 Å². The van der Waals surface area contributed by atoms with E-state index in [9.17, 15) is 14.9 Å². The number of fused-ring (bicyclic) bond motifs is 3. The summed E-state index contributed by atoms with van der Waals surface area (Å²) in [5, 5.41) is 19.4. The number of nitriles is 2. The van der Waals surface area contributed by atoms with E-state index in [1.165, 1.54) is 12.1 Å². The zero-order valence-electron chi connectivity index (χ0n) is 14.6. The molecule has 28 heavy (non-hydrogen) atoms. The SMILES string of the molecule is COC(=O)C1(C#N)Oc2c(c(=O)oc3ccccc23)C1c1ccc(C#N)cc1. The fraction of sp³-hybridized carbons (Fsp3) is 0.143. The number of carbonyl (C=O) groups is 1. The first-order valence-corrected chi connectivity index (χ1v) is 8.30. The van der Waals surface area contributed by atoms with Gasteiger partial charge in [0.1, 0.15) is 17.4 Å². The maximum Gasteiger partial charge on any atom is 0.366 e. The van der Waals surface area contributed by atoms with Crippen molar-refractivity contribution in [1.82, 2.24) is 0 Å². The van der Waals surface area contributed by atoms with Gasteiger partial charge < -0.3 is 13.9 Å². The van der Waals surface area contributed by atoms with E-state index in [4.69, 9.17) is 19.2 Å². The molecule has 3 aromatic rings. The topological polar surface area (TPSA) is 113 Å². The second-order valence-electron chi connectivity index (χ2n) is 6.24. The van der Waals surface area contributed by atoms with Crippen molar-refractivity contribution < 1.29 is 18.7 Å². The summed E-state index contributed by atoms with van der Waals surface area (Å²) >= 11 is 0. The molecule has 2 unspecified atom stereocenters. The highest BCUT2D eigenvalue weighted by atomic mass is 16.6. The molecule has 0 bridgehead atoms. The van der Waals surface area contributed by atoms with Crippen LogP contribution in [0.1, 0.15) is 22.6 Å². The molecule has 0 aliphatic carbocycles. The Bertz CT molecular complexity index is 1250. The van der Waals surface area contributed by atoms with Gasteiger partial charge in [-0.2, -0.15) is 10.5 Å². The Balaban J connectivity index is 2.07. The fourth-order valence-corrected chi connectivity index (χ4v) is 3.51. The van der Waals surface area contributed by atoms with Crippen LogP contribution in [-0.2, 0) is 9.53 Å². The number of hydrogen-bond donors (Lipinski definition) is 0. The summed E-state index contributed by atoms with van der Waals surface area (Å²) in [6, 6.07) is 16.8. The Labute approximate surface area is 158 Å². The zero-order valence-corrected chi connectivity index (χ0v) is 14.6. The van der Waals surface area contributed by atoms with Gasteiger partial charge in [-0.25, -0.2) is 9.59 Å². The predicted octanol–water partition coefficient (Wildman–Crippen LogP) is 2.62. The van der Waals surface area contributed by atoms with Crippen molar-refractivity contribution in [2.75, 3.05) is 7.11 Å². The molecule has 0 radical (unpaired) electrons. The van der Waals surface area contributed by atoms with Gasteiger partial charge >= 0.3 is 17.2 Å². The van der Waals surface area contributed by atoms with E-state index in [0.29, 0.717) is 16.5 Å². The molecule has 1 aliphatic heterocycles. The van der Waals surface area contributed by atoms with Gasteiger partial charge in [0.05, 0.1) is 35.6 Å². The number of hydrogen-bond acceptors (Lipinski definition) is 7. The molecule has 1 aliphatic rings. The normalized spacial score (nSPS) is 19.9. The molecule has 136 valence electrons. The van der Waals surface area contributed by atoms with E-state index in [-0.39, 0.29) is 16.9 Å². The average molecular weight is 372 g/mol. The molecule has 2 atom stereocenters. The first kappa shape index (κ1) is 17.3. The Hall–Kier alpha value is -4.10. The van der Waals surface area contributed by atoms with Crippen LogP contribution in [0, 0.1) is 22.7 Å². The van der Waals surface area contributed by atoms with Gasteiger partial charge in [-0.3, -0.25) is 0 Å². The lowest BCUT2D eigenvalue weighted by Gasteiger charge is -2.24. The molecule has 2 heterocycles. The van der Waals surface area contributed by atoms with Crippen LogP contribution in [0.5, 0.6) is 5.75 Å². The molecule has 0 saturated heterocycles. The van der Waals surface area contributed by atoms with Gasteiger partial charge in [-0.05, 0) is 29.8 Å². The van der Waals surface area contributed by atoms with Gasteiger partial charge in [0, 0.05) is 0 Å². The summed E-state index contributed by atoms with van der Waals surface area (Å²) < 4.78 is 16.1. The molecule has 4 rings (SSSR count). The first-order chi connectivity index (χ1) is 13.6. The van der Waals surface area contributed by atoms with Crippen molar-refractivity contribution in [3.63, 3.8) is 0 Å².